The number of benzene rings is 2. The van der Waals surface area contributed by atoms with Gasteiger partial charge in [0.2, 0.25) is 0 Å². The summed E-state index contributed by atoms with van der Waals surface area (Å²) < 4.78 is 30.5. The van der Waals surface area contributed by atoms with E-state index in [1.807, 2.05) is 0 Å². The molecule has 138 valence electrons. The Morgan fingerprint density at radius 1 is 1.22 bits per heavy atom. The zero-order valence-electron chi connectivity index (χ0n) is 14.6. The Hall–Kier alpha value is -2.67. The molecule has 0 amide bonds. The number of hydrogen-bond acceptors (Lipinski definition) is 3. The molecule has 0 aliphatic carbocycles. The van der Waals surface area contributed by atoms with Crippen molar-refractivity contribution in [3.8, 4) is 5.69 Å². The molecular formula is C20H15BrF2N2O2. The van der Waals surface area contributed by atoms with E-state index in [1.165, 1.54) is 41.8 Å². The molecule has 0 radical (unpaired) electrons. The summed E-state index contributed by atoms with van der Waals surface area (Å²) in [5, 5.41) is 0.138. The van der Waals surface area contributed by atoms with Crippen LogP contribution in [0.25, 0.3) is 22.7 Å². The maximum atomic E-state index is 14.5. The number of halogens is 3. The zero-order chi connectivity index (χ0) is 19.7. The van der Waals surface area contributed by atoms with Crippen LogP contribution < -0.4 is 5.56 Å². The third-order valence-corrected chi connectivity index (χ3v) is 4.51. The number of ketones is 1. The Balaban J connectivity index is 2.34. The molecule has 0 fully saturated rings. The largest absolute Gasteiger partial charge is 0.295 e. The Bertz CT molecular complexity index is 1150. The van der Waals surface area contributed by atoms with Gasteiger partial charge in [0.15, 0.2) is 5.78 Å². The summed E-state index contributed by atoms with van der Waals surface area (Å²) >= 11 is 3.19. The van der Waals surface area contributed by atoms with Crippen molar-refractivity contribution in [2.75, 3.05) is 0 Å². The highest BCUT2D eigenvalue weighted by atomic mass is 79.9. The molecule has 0 spiro atoms. The normalized spacial score (nSPS) is 11.4. The minimum absolute atomic E-state index is 0.0691. The summed E-state index contributed by atoms with van der Waals surface area (Å²) in [6, 6.07) is 6.84. The van der Waals surface area contributed by atoms with E-state index in [2.05, 4.69) is 20.9 Å². The van der Waals surface area contributed by atoms with Gasteiger partial charge in [-0.15, -0.1) is 0 Å². The molecule has 27 heavy (non-hydrogen) atoms. The molecule has 7 heteroatoms. The second kappa shape index (κ2) is 7.52. The molecule has 1 heterocycles. The maximum absolute atomic E-state index is 14.5. The molecule has 0 atom stereocenters. The fraction of sp³-hybridized carbons (Fsp3) is 0.150. The van der Waals surface area contributed by atoms with Crippen molar-refractivity contribution in [1.29, 1.82) is 0 Å². The molecule has 0 N–H and O–H groups in total. The summed E-state index contributed by atoms with van der Waals surface area (Å²) in [5.41, 5.74) is -0.165. The van der Waals surface area contributed by atoms with Gasteiger partial charge in [0.05, 0.1) is 16.6 Å². The monoisotopic (exact) mass is 432 g/mol. The lowest BCUT2D eigenvalue weighted by Crippen LogP contribution is -2.24. The fourth-order valence-corrected chi connectivity index (χ4v) is 3.09. The third kappa shape index (κ3) is 3.73. The van der Waals surface area contributed by atoms with Gasteiger partial charge in [0.25, 0.3) is 5.56 Å². The first-order valence-electron chi connectivity index (χ1n) is 8.21. The van der Waals surface area contributed by atoms with E-state index in [0.717, 1.165) is 6.07 Å². The van der Waals surface area contributed by atoms with Crippen molar-refractivity contribution < 1.29 is 13.6 Å². The number of hydrogen-bond donors (Lipinski definition) is 0. The third-order valence-electron chi connectivity index (χ3n) is 4.02. The molecule has 0 saturated heterocycles. The second-order valence-electron chi connectivity index (χ2n) is 5.95. The molecule has 0 aliphatic heterocycles. The quantitative estimate of drug-likeness (QED) is 0.566. The van der Waals surface area contributed by atoms with Crippen molar-refractivity contribution in [3.05, 3.63) is 74.3 Å². The van der Waals surface area contributed by atoms with Crippen LogP contribution in [-0.4, -0.2) is 15.3 Å². The highest BCUT2D eigenvalue weighted by molar-refractivity contribution is 9.10. The molecule has 3 rings (SSSR count). The van der Waals surface area contributed by atoms with Crippen molar-refractivity contribution in [2.45, 2.75) is 20.3 Å². The number of nitrogens with zero attached hydrogens (tertiary/aromatic N) is 2. The molecule has 0 bridgehead atoms. The minimum Gasteiger partial charge on any atom is -0.295 e. The van der Waals surface area contributed by atoms with Crippen LogP contribution in [0.15, 0.2) is 45.7 Å². The number of carbonyl (C=O) groups excluding carboxylic acids is 1. The number of fused-ring (bicyclic) bond motifs is 1. The van der Waals surface area contributed by atoms with Crippen LogP contribution in [0, 0.1) is 11.6 Å². The standard InChI is InChI=1S/C20H15BrF2N2O2/c1-3-19-24-17-10-15(22)12(5-4-11(2)26)8-14(17)20(27)25(19)18-7-6-13(21)9-16(18)23/h4-10H,3H2,1-2H3/b5-4+. The van der Waals surface area contributed by atoms with E-state index < -0.39 is 17.2 Å². The van der Waals surface area contributed by atoms with Gasteiger partial charge >= 0.3 is 0 Å². The average molecular weight is 433 g/mol. The zero-order valence-corrected chi connectivity index (χ0v) is 16.2. The highest BCUT2D eigenvalue weighted by Gasteiger charge is 2.16. The lowest BCUT2D eigenvalue weighted by Gasteiger charge is -2.14. The van der Waals surface area contributed by atoms with Gasteiger partial charge in [0.1, 0.15) is 17.5 Å². The number of carbonyl (C=O) groups is 1. The molecule has 3 aromatic rings. The predicted octanol–water partition coefficient (Wildman–Crippen LogP) is 4.59. The van der Waals surface area contributed by atoms with Crippen LogP contribution in [-0.2, 0) is 11.2 Å². The SMILES string of the molecule is CCc1nc2cc(F)c(/C=C/C(C)=O)cc2c(=O)n1-c1ccc(Br)cc1F. The van der Waals surface area contributed by atoms with Gasteiger partial charge in [-0.2, -0.15) is 0 Å². The van der Waals surface area contributed by atoms with E-state index in [0.29, 0.717) is 16.7 Å². The fourth-order valence-electron chi connectivity index (χ4n) is 2.75. The van der Waals surface area contributed by atoms with E-state index in [9.17, 15) is 18.4 Å². The van der Waals surface area contributed by atoms with Crippen LogP contribution in [0.4, 0.5) is 8.78 Å². The van der Waals surface area contributed by atoms with Crippen LogP contribution in [0.2, 0.25) is 0 Å². The van der Waals surface area contributed by atoms with Gasteiger partial charge in [0, 0.05) is 22.5 Å². The summed E-state index contributed by atoms with van der Waals surface area (Å²) in [6.45, 7) is 3.12. The first kappa shape index (κ1) is 19.1. The molecule has 4 nitrogen and oxygen atoms in total. The van der Waals surface area contributed by atoms with Gasteiger partial charge in [-0.05, 0) is 43.3 Å². The Kier molecular flexibility index (Phi) is 5.32. The maximum Gasteiger partial charge on any atom is 0.266 e. The number of aromatic nitrogens is 2. The molecule has 0 unspecified atom stereocenters. The smallest absolute Gasteiger partial charge is 0.266 e. The van der Waals surface area contributed by atoms with Crippen molar-refractivity contribution in [1.82, 2.24) is 9.55 Å². The Labute approximate surface area is 162 Å². The highest BCUT2D eigenvalue weighted by Crippen LogP contribution is 2.22. The molecule has 2 aromatic carbocycles. The van der Waals surface area contributed by atoms with Crippen LogP contribution in [0.1, 0.15) is 25.2 Å². The van der Waals surface area contributed by atoms with Crippen molar-refractivity contribution in [2.24, 2.45) is 0 Å². The van der Waals surface area contributed by atoms with Crippen molar-refractivity contribution >= 4 is 38.7 Å². The summed E-state index contributed by atoms with van der Waals surface area (Å²) in [4.78, 5) is 28.5. The molecular weight excluding hydrogens is 418 g/mol. The van der Waals surface area contributed by atoms with E-state index in [-0.39, 0.29) is 27.9 Å². The van der Waals surface area contributed by atoms with Gasteiger partial charge in [-0.25, -0.2) is 13.8 Å². The summed E-state index contributed by atoms with van der Waals surface area (Å²) in [7, 11) is 0. The molecule has 1 aromatic heterocycles. The Morgan fingerprint density at radius 3 is 2.59 bits per heavy atom. The van der Waals surface area contributed by atoms with Gasteiger partial charge in [-0.1, -0.05) is 22.9 Å². The van der Waals surface area contributed by atoms with E-state index >= 15 is 0 Å². The van der Waals surface area contributed by atoms with Crippen LogP contribution in [0.3, 0.4) is 0 Å². The Morgan fingerprint density at radius 2 is 1.96 bits per heavy atom. The van der Waals surface area contributed by atoms with Gasteiger partial charge < -0.3 is 0 Å². The molecule has 0 saturated carbocycles. The summed E-state index contributed by atoms with van der Waals surface area (Å²) in [5.74, 6) is -1.11. The van der Waals surface area contributed by atoms with Crippen LogP contribution in [0.5, 0.6) is 0 Å². The van der Waals surface area contributed by atoms with Crippen LogP contribution >= 0.6 is 15.9 Å². The van der Waals surface area contributed by atoms with E-state index in [4.69, 9.17) is 0 Å². The predicted molar refractivity (Wildman–Crippen MR) is 104 cm³/mol. The van der Waals surface area contributed by atoms with Gasteiger partial charge in [-0.3, -0.25) is 14.2 Å². The van der Waals surface area contributed by atoms with Crippen molar-refractivity contribution in [3.63, 3.8) is 0 Å². The lowest BCUT2D eigenvalue weighted by atomic mass is 10.1. The number of aryl methyl sites for hydroxylation is 1. The summed E-state index contributed by atoms with van der Waals surface area (Å²) in [6.07, 6.45) is 2.87. The first-order valence-corrected chi connectivity index (χ1v) is 9.00. The van der Waals surface area contributed by atoms with E-state index in [1.54, 1.807) is 13.0 Å². The first-order chi connectivity index (χ1) is 12.8. The number of allylic oxidation sites excluding steroid dienone is 1. The lowest BCUT2D eigenvalue weighted by molar-refractivity contribution is -0.112. The second-order valence-corrected chi connectivity index (χ2v) is 6.87. The topological polar surface area (TPSA) is 52.0 Å². The average Bonchev–Trinajstić information content (AvgIpc) is 2.61. The number of rotatable bonds is 4. The molecule has 0 aliphatic rings. The minimum atomic E-state index is -0.596.